The fourth-order valence-electron chi connectivity index (χ4n) is 14.3. The lowest BCUT2D eigenvalue weighted by Gasteiger charge is -2.72. The van der Waals surface area contributed by atoms with Gasteiger partial charge in [-0.2, -0.15) is 0 Å². The van der Waals surface area contributed by atoms with Crippen LogP contribution in [0.3, 0.4) is 0 Å². The molecule has 284 valence electrons. The molecule has 6 heteroatoms. The Morgan fingerprint density at radius 3 is 2.42 bits per heavy atom. The van der Waals surface area contributed by atoms with Gasteiger partial charge in [-0.1, -0.05) is 66.2 Å². The van der Waals surface area contributed by atoms with E-state index in [-0.39, 0.29) is 29.5 Å². The van der Waals surface area contributed by atoms with E-state index in [1.807, 2.05) is 6.92 Å². The molecule has 0 amide bonds. The minimum absolute atomic E-state index is 0.169. The Morgan fingerprint density at radius 1 is 0.960 bits per heavy atom. The lowest BCUT2D eigenvalue weighted by Crippen LogP contribution is -2.67. The van der Waals surface area contributed by atoms with Crippen LogP contribution in [0.1, 0.15) is 132 Å². The second-order valence-corrected chi connectivity index (χ2v) is 22.0. The van der Waals surface area contributed by atoms with Gasteiger partial charge in [0.2, 0.25) is 0 Å². The topological polar surface area (TPSA) is 49.4 Å². The summed E-state index contributed by atoms with van der Waals surface area (Å²) in [4.78, 5) is 2.41. The van der Waals surface area contributed by atoms with Gasteiger partial charge < -0.3 is 10.2 Å². The van der Waals surface area contributed by atoms with Crippen molar-refractivity contribution in [1.82, 2.24) is 10.2 Å². The predicted octanol–water partition coefficient (Wildman–Crippen LogP) is 9.97. The van der Waals surface area contributed by atoms with Gasteiger partial charge in [0.15, 0.2) is 9.84 Å². The highest BCUT2D eigenvalue weighted by Gasteiger charge is 2.69. The molecule has 10 atom stereocenters. The number of rotatable bonds is 6. The molecule has 4 nitrogen and oxygen atoms in total. The van der Waals surface area contributed by atoms with Gasteiger partial charge in [0.05, 0.1) is 18.2 Å². The number of hydrogen-bond acceptors (Lipinski definition) is 4. The highest BCUT2D eigenvalue weighted by Crippen LogP contribution is 2.76. The van der Waals surface area contributed by atoms with Crippen molar-refractivity contribution in [3.8, 4) is 0 Å². The van der Waals surface area contributed by atoms with Gasteiger partial charge in [-0.05, 0) is 152 Å². The maximum absolute atomic E-state index is 13.4. The molecule has 1 saturated heterocycles. The van der Waals surface area contributed by atoms with Crippen molar-refractivity contribution in [2.75, 3.05) is 44.4 Å². The van der Waals surface area contributed by atoms with Gasteiger partial charge in [0.25, 0.3) is 0 Å². The van der Waals surface area contributed by atoms with Gasteiger partial charge in [-0.15, -0.1) is 6.58 Å². The molecule has 0 bridgehead atoms. The summed E-state index contributed by atoms with van der Waals surface area (Å²) in [5, 5.41) is 4.22. The molecule has 0 spiro atoms. The van der Waals surface area contributed by atoms with Crippen LogP contribution >= 0.6 is 0 Å². The highest BCUT2D eigenvalue weighted by molar-refractivity contribution is 7.91. The maximum atomic E-state index is 13.4. The van der Waals surface area contributed by atoms with Gasteiger partial charge in [-0.25, -0.2) is 8.42 Å². The van der Waals surface area contributed by atoms with Crippen LogP contribution in [-0.2, 0) is 9.84 Å². The minimum Gasteiger partial charge on any atom is -0.310 e. The summed E-state index contributed by atoms with van der Waals surface area (Å²) in [5.74, 6) is 4.17. The number of sulfone groups is 1. The van der Waals surface area contributed by atoms with Gasteiger partial charge in [0, 0.05) is 31.7 Å². The van der Waals surface area contributed by atoms with Crippen molar-refractivity contribution < 1.29 is 12.8 Å². The number of fused-ring (bicyclic) bond motifs is 7. The van der Waals surface area contributed by atoms with E-state index >= 15 is 0 Å². The number of nitrogens with one attached hydrogen (secondary N) is 1. The molecule has 6 aliphatic carbocycles. The van der Waals surface area contributed by atoms with Crippen molar-refractivity contribution in [1.29, 1.82) is 0 Å². The van der Waals surface area contributed by atoms with E-state index in [9.17, 15) is 12.8 Å². The minimum atomic E-state index is -2.91. The van der Waals surface area contributed by atoms with Gasteiger partial charge >= 0.3 is 0 Å². The summed E-state index contributed by atoms with van der Waals surface area (Å²) in [6.07, 6.45) is 23.2. The number of allylic oxidation sites excluding steroid dienone is 5. The fourth-order valence-corrected chi connectivity index (χ4v) is 16.0. The lowest BCUT2D eigenvalue weighted by molar-refractivity contribution is -0.218. The average Bonchev–Trinajstić information content (AvgIpc) is 3.42. The van der Waals surface area contributed by atoms with E-state index in [0.717, 1.165) is 56.7 Å². The predicted molar refractivity (Wildman–Crippen MR) is 209 cm³/mol. The third-order valence-electron chi connectivity index (χ3n) is 16.8. The summed E-state index contributed by atoms with van der Waals surface area (Å²) >= 11 is 0. The molecule has 7 aliphatic rings. The van der Waals surface area contributed by atoms with Crippen LogP contribution in [0.2, 0.25) is 0 Å². The van der Waals surface area contributed by atoms with E-state index in [1.165, 1.54) is 64.2 Å². The molecule has 1 aliphatic heterocycles. The Balaban J connectivity index is 0.00000139. The third-order valence-corrected chi connectivity index (χ3v) is 18.6. The second-order valence-electron chi connectivity index (χ2n) is 19.7. The molecule has 0 aromatic rings. The molecule has 0 aromatic heterocycles. The van der Waals surface area contributed by atoms with Gasteiger partial charge in [0.1, 0.15) is 0 Å². The molecule has 7 rings (SSSR count). The first kappa shape index (κ1) is 38.7. The SMILES string of the molecule is C=CC.CC1CN(CCNC23CCCC2C2CCC4C5(C)CC=C(C6=CCC(CF)CC6)C(C)(C)C5CCC4(C)[C@]2(C)CC3)CCS(=O)(=O)C1. The molecule has 1 N–H and O–H groups in total. The zero-order valence-corrected chi connectivity index (χ0v) is 33.9. The summed E-state index contributed by atoms with van der Waals surface area (Å²) in [6, 6.07) is 0. The van der Waals surface area contributed by atoms with Crippen molar-refractivity contribution >= 4 is 9.84 Å². The molecular weight excluding hydrogens is 640 g/mol. The Labute approximate surface area is 306 Å². The molecule has 0 radical (unpaired) electrons. The van der Waals surface area contributed by atoms with E-state index in [2.05, 4.69) is 70.5 Å². The van der Waals surface area contributed by atoms with E-state index in [0.29, 0.717) is 40.2 Å². The zero-order chi connectivity index (χ0) is 36.2. The highest BCUT2D eigenvalue weighted by atomic mass is 32.2. The smallest absolute Gasteiger partial charge is 0.151 e. The molecule has 9 unspecified atom stereocenters. The fraction of sp³-hybridized carbons (Fsp3) is 0.864. The molecular formula is C44H73FN2O2S. The third kappa shape index (κ3) is 6.58. The molecule has 0 aromatic carbocycles. The summed E-state index contributed by atoms with van der Waals surface area (Å²) in [6.45, 7) is 24.0. The van der Waals surface area contributed by atoms with Crippen LogP contribution in [0.15, 0.2) is 36.0 Å². The average molecular weight is 713 g/mol. The van der Waals surface area contributed by atoms with Crippen molar-refractivity contribution in [3.05, 3.63) is 36.0 Å². The first-order chi connectivity index (χ1) is 23.6. The Bertz CT molecular complexity index is 1420. The molecule has 4 saturated carbocycles. The quantitative estimate of drug-likeness (QED) is 0.279. The standard InChI is InChI=1S/C41H67FN2O2S.C3H6/c1-29-27-44(24-25-47(45,46)28-29)23-22-43-41-17-7-8-34(41)33-13-14-36-38(4)18-15-32(31-11-9-30(26-42)10-12-31)37(2,3)35(38)16-19-40(36,6)39(33,5)20-21-41;1-3-2/h11,15,29-30,33-36,43H,7-10,12-14,16-28H2,1-6H3;3H,1H2,2H3/t29?,30?,33?,34?,35?,36?,38?,39-,40?,41?;/m1./s1. The monoisotopic (exact) mass is 713 g/mol. The van der Waals surface area contributed by atoms with Crippen LogP contribution in [-0.4, -0.2) is 63.2 Å². The molecule has 1 heterocycles. The lowest BCUT2D eigenvalue weighted by atomic mass is 9.33. The van der Waals surface area contributed by atoms with Gasteiger partial charge in [-0.3, -0.25) is 4.39 Å². The first-order valence-corrected chi connectivity index (χ1v) is 22.6. The van der Waals surface area contributed by atoms with Crippen molar-refractivity contribution in [2.24, 2.45) is 57.2 Å². The summed E-state index contributed by atoms with van der Waals surface area (Å²) < 4.78 is 38.1. The zero-order valence-electron chi connectivity index (χ0n) is 33.1. The Morgan fingerprint density at radius 2 is 1.72 bits per heavy atom. The van der Waals surface area contributed by atoms with E-state index < -0.39 is 9.84 Å². The van der Waals surface area contributed by atoms with Crippen LogP contribution in [0, 0.1) is 57.2 Å². The van der Waals surface area contributed by atoms with Crippen LogP contribution in [0.4, 0.5) is 4.39 Å². The van der Waals surface area contributed by atoms with E-state index in [4.69, 9.17) is 0 Å². The van der Waals surface area contributed by atoms with Crippen LogP contribution < -0.4 is 5.32 Å². The first-order valence-electron chi connectivity index (χ1n) is 20.8. The number of nitrogens with zero attached hydrogens (tertiary/aromatic N) is 1. The van der Waals surface area contributed by atoms with Crippen molar-refractivity contribution in [3.63, 3.8) is 0 Å². The molecule has 50 heavy (non-hydrogen) atoms. The number of halogens is 1. The summed E-state index contributed by atoms with van der Waals surface area (Å²) in [7, 11) is -2.91. The van der Waals surface area contributed by atoms with Crippen LogP contribution in [0.25, 0.3) is 0 Å². The Kier molecular flexibility index (Phi) is 11.1. The number of alkyl halides is 1. The van der Waals surface area contributed by atoms with Crippen LogP contribution in [0.5, 0.6) is 0 Å². The normalized spacial score (nSPS) is 45.2. The Hall–Kier alpha value is -0.980. The second kappa shape index (κ2) is 14.3. The van der Waals surface area contributed by atoms with Crippen molar-refractivity contribution in [2.45, 2.75) is 137 Å². The molecule has 5 fully saturated rings. The van der Waals surface area contributed by atoms with E-state index in [1.54, 1.807) is 17.2 Å². The summed E-state index contributed by atoms with van der Waals surface area (Å²) in [5.41, 5.74) is 4.70. The maximum Gasteiger partial charge on any atom is 0.151 e. The number of hydrogen-bond donors (Lipinski definition) is 1. The largest absolute Gasteiger partial charge is 0.310 e.